The van der Waals surface area contributed by atoms with Crippen LogP contribution in [0, 0.1) is 13.8 Å². The molecule has 0 saturated heterocycles. The summed E-state index contributed by atoms with van der Waals surface area (Å²) in [5.41, 5.74) is 8.84. The number of hydrogen-bond acceptors (Lipinski definition) is 1. The van der Waals surface area contributed by atoms with Crippen LogP contribution in [0.25, 0.3) is 17.2 Å². The number of allylic oxidation sites excluding steroid dienone is 1. The number of hydrogen-bond donors (Lipinski definition) is 0. The van der Waals surface area contributed by atoms with Gasteiger partial charge in [-0.2, -0.15) is 0 Å². The van der Waals surface area contributed by atoms with Crippen molar-refractivity contribution < 1.29 is 0 Å². The lowest BCUT2D eigenvalue weighted by molar-refractivity contribution is 0.812. The van der Waals surface area contributed by atoms with Crippen LogP contribution in [0.1, 0.15) is 48.1 Å². The van der Waals surface area contributed by atoms with E-state index in [4.69, 9.17) is 0 Å². The first-order chi connectivity index (χ1) is 14.5. The molecule has 1 heteroatoms. The first-order valence-corrected chi connectivity index (χ1v) is 10.8. The standard InChI is InChI=1S/C29H33N/c1-6-8-9-11-24-12-10-13-28(21-24)30(5)29(7-2)26-18-16-25(17-19-26)27-15-14-22(3)23(4)20-27/h7,9-21,29H,2,6,8H2,1,3-5H3/b11-9+. The Morgan fingerprint density at radius 2 is 1.63 bits per heavy atom. The number of anilines is 1. The normalized spacial score (nSPS) is 12.1. The van der Waals surface area contributed by atoms with Crippen molar-refractivity contribution in [2.45, 2.75) is 39.7 Å². The summed E-state index contributed by atoms with van der Waals surface area (Å²) in [7, 11) is 2.14. The third-order valence-electron chi connectivity index (χ3n) is 5.78. The highest BCUT2D eigenvalue weighted by Crippen LogP contribution is 2.30. The third kappa shape index (κ3) is 5.10. The predicted molar refractivity (Wildman–Crippen MR) is 133 cm³/mol. The second kappa shape index (κ2) is 10.1. The van der Waals surface area contributed by atoms with E-state index in [-0.39, 0.29) is 6.04 Å². The molecule has 0 saturated carbocycles. The zero-order chi connectivity index (χ0) is 21.5. The number of unbranched alkanes of at least 4 members (excludes halogenated alkanes) is 1. The van der Waals surface area contributed by atoms with Crippen molar-refractivity contribution in [3.05, 3.63) is 108 Å². The van der Waals surface area contributed by atoms with Crippen molar-refractivity contribution in [3.63, 3.8) is 0 Å². The van der Waals surface area contributed by atoms with Crippen molar-refractivity contribution in [1.82, 2.24) is 0 Å². The van der Waals surface area contributed by atoms with E-state index >= 15 is 0 Å². The Bertz CT molecular complexity index is 1010. The van der Waals surface area contributed by atoms with Crippen molar-refractivity contribution in [3.8, 4) is 11.1 Å². The van der Waals surface area contributed by atoms with Crippen LogP contribution in [0.5, 0.6) is 0 Å². The van der Waals surface area contributed by atoms with E-state index in [9.17, 15) is 0 Å². The summed E-state index contributed by atoms with van der Waals surface area (Å²) >= 11 is 0. The van der Waals surface area contributed by atoms with Gasteiger partial charge in [0.05, 0.1) is 6.04 Å². The van der Waals surface area contributed by atoms with Crippen LogP contribution in [0.4, 0.5) is 5.69 Å². The Morgan fingerprint density at radius 3 is 2.30 bits per heavy atom. The van der Waals surface area contributed by atoms with E-state index in [2.05, 4.69) is 118 Å². The van der Waals surface area contributed by atoms with Crippen LogP contribution < -0.4 is 4.90 Å². The summed E-state index contributed by atoms with van der Waals surface area (Å²) in [6.07, 6.45) is 8.76. The molecule has 0 radical (unpaired) electrons. The SMILES string of the molecule is C=CC(c1ccc(-c2ccc(C)c(C)c2)cc1)N(C)c1cccc(/C=C/CCC)c1. The molecular formula is C29H33N. The molecule has 30 heavy (non-hydrogen) atoms. The molecule has 1 unspecified atom stereocenters. The first-order valence-electron chi connectivity index (χ1n) is 10.8. The molecule has 0 aliphatic rings. The second-order valence-corrected chi connectivity index (χ2v) is 8.00. The van der Waals surface area contributed by atoms with Gasteiger partial charge < -0.3 is 4.90 Å². The average molecular weight is 396 g/mol. The minimum Gasteiger partial charge on any atom is -0.364 e. The highest BCUT2D eigenvalue weighted by Gasteiger charge is 2.14. The third-order valence-corrected chi connectivity index (χ3v) is 5.78. The molecule has 0 spiro atoms. The maximum atomic E-state index is 4.11. The number of rotatable bonds is 8. The molecule has 3 aromatic carbocycles. The molecule has 0 fully saturated rings. The fraction of sp³-hybridized carbons (Fsp3) is 0.241. The molecule has 3 aromatic rings. The Kier molecular flexibility index (Phi) is 7.30. The number of benzene rings is 3. The number of aryl methyl sites for hydroxylation is 2. The van der Waals surface area contributed by atoms with Crippen LogP contribution in [0.3, 0.4) is 0 Å². The van der Waals surface area contributed by atoms with E-state index < -0.39 is 0 Å². The Labute approximate surface area is 182 Å². The van der Waals surface area contributed by atoms with Crippen molar-refractivity contribution >= 4 is 11.8 Å². The van der Waals surface area contributed by atoms with Gasteiger partial charge in [0.1, 0.15) is 0 Å². The van der Waals surface area contributed by atoms with Gasteiger partial charge in [-0.25, -0.2) is 0 Å². The zero-order valence-electron chi connectivity index (χ0n) is 18.7. The molecule has 0 heterocycles. The van der Waals surface area contributed by atoms with Gasteiger partial charge in [-0.1, -0.05) is 86.2 Å². The first kappa shape index (κ1) is 21.6. The molecule has 1 atom stereocenters. The van der Waals surface area contributed by atoms with Crippen molar-refractivity contribution in [1.29, 1.82) is 0 Å². The van der Waals surface area contributed by atoms with Crippen LogP contribution in [-0.2, 0) is 0 Å². The van der Waals surface area contributed by atoms with Gasteiger partial charge in [-0.05, 0) is 65.8 Å². The summed E-state index contributed by atoms with van der Waals surface area (Å²) in [6, 6.07) is 24.3. The molecule has 154 valence electrons. The predicted octanol–water partition coefficient (Wildman–Crippen LogP) is 8.15. The van der Waals surface area contributed by atoms with Gasteiger partial charge in [0.25, 0.3) is 0 Å². The zero-order valence-corrected chi connectivity index (χ0v) is 18.7. The lowest BCUT2D eigenvalue weighted by Crippen LogP contribution is -2.22. The molecule has 0 aromatic heterocycles. The maximum Gasteiger partial charge on any atom is 0.0720 e. The molecular weight excluding hydrogens is 362 g/mol. The monoisotopic (exact) mass is 395 g/mol. The summed E-state index contributed by atoms with van der Waals surface area (Å²) in [4.78, 5) is 2.29. The molecule has 0 aliphatic carbocycles. The Hall–Kier alpha value is -3.06. The lowest BCUT2D eigenvalue weighted by Gasteiger charge is -2.28. The minimum atomic E-state index is 0.119. The van der Waals surface area contributed by atoms with Gasteiger partial charge in [0.2, 0.25) is 0 Å². The highest BCUT2D eigenvalue weighted by atomic mass is 15.1. The fourth-order valence-corrected chi connectivity index (χ4v) is 3.71. The quantitative estimate of drug-likeness (QED) is 0.348. The lowest BCUT2D eigenvalue weighted by atomic mass is 9.97. The van der Waals surface area contributed by atoms with Crippen LogP contribution >= 0.6 is 0 Å². The molecule has 0 amide bonds. The average Bonchev–Trinajstić information content (AvgIpc) is 2.77. The van der Waals surface area contributed by atoms with Gasteiger partial charge >= 0.3 is 0 Å². The smallest absolute Gasteiger partial charge is 0.0720 e. The van der Waals surface area contributed by atoms with Gasteiger partial charge in [0, 0.05) is 12.7 Å². The molecule has 0 N–H and O–H groups in total. The number of nitrogens with zero attached hydrogens (tertiary/aromatic N) is 1. The van der Waals surface area contributed by atoms with Crippen LogP contribution in [0.15, 0.2) is 85.5 Å². The van der Waals surface area contributed by atoms with E-state index in [1.54, 1.807) is 0 Å². The maximum absolute atomic E-state index is 4.11. The Morgan fingerprint density at radius 1 is 0.900 bits per heavy atom. The second-order valence-electron chi connectivity index (χ2n) is 8.00. The minimum absolute atomic E-state index is 0.119. The molecule has 1 nitrogen and oxygen atoms in total. The van der Waals surface area contributed by atoms with E-state index in [0.29, 0.717) is 0 Å². The van der Waals surface area contributed by atoms with Crippen LogP contribution in [-0.4, -0.2) is 7.05 Å². The van der Waals surface area contributed by atoms with Gasteiger partial charge in [-0.3, -0.25) is 0 Å². The summed E-state index contributed by atoms with van der Waals surface area (Å²) < 4.78 is 0. The summed E-state index contributed by atoms with van der Waals surface area (Å²) in [5, 5.41) is 0. The fourth-order valence-electron chi connectivity index (χ4n) is 3.71. The topological polar surface area (TPSA) is 3.24 Å². The van der Waals surface area contributed by atoms with Gasteiger partial charge in [0.15, 0.2) is 0 Å². The summed E-state index contributed by atoms with van der Waals surface area (Å²) in [5.74, 6) is 0. The summed E-state index contributed by atoms with van der Waals surface area (Å²) in [6.45, 7) is 10.6. The molecule has 0 aliphatic heterocycles. The largest absolute Gasteiger partial charge is 0.364 e. The molecule has 3 rings (SSSR count). The molecule has 0 bridgehead atoms. The highest BCUT2D eigenvalue weighted by molar-refractivity contribution is 5.66. The van der Waals surface area contributed by atoms with Crippen molar-refractivity contribution in [2.24, 2.45) is 0 Å². The van der Waals surface area contributed by atoms with Gasteiger partial charge in [-0.15, -0.1) is 6.58 Å². The van der Waals surface area contributed by atoms with E-state index in [1.165, 1.54) is 45.5 Å². The van der Waals surface area contributed by atoms with Crippen LogP contribution in [0.2, 0.25) is 0 Å². The van der Waals surface area contributed by atoms with E-state index in [1.807, 2.05) is 6.08 Å². The van der Waals surface area contributed by atoms with Crippen molar-refractivity contribution in [2.75, 3.05) is 11.9 Å². The Balaban J connectivity index is 1.82. The number of likely N-dealkylation sites (N-methyl/N-ethyl adjacent to an activating group) is 1. The van der Waals surface area contributed by atoms with E-state index in [0.717, 1.165) is 6.42 Å².